The van der Waals surface area contributed by atoms with Crippen molar-refractivity contribution in [1.82, 2.24) is 14.6 Å². The van der Waals surface area contributed by atoms with Crippen LogP contribution in [0.5, 0.6) is 0 Å². The van der Waals surface area contributed by atoms with Crippen molar-refractivity contribution in [3.63, 3.8) is 0 Å². The van der Waals surface area contributed by atoms with Gasteiger partial charge in [-0.05, 0) is 42.8 Å². The van der Waals surface area contributed by atoms with Crippen molar-refractivity contribution in [1.29, 1.82) is 0 Å². The quantitative estimate of drug-likeness (QED) is 0.682. The number of pyridine rings is 1. The summed E-state index contributed by atoms with van der Waals surface area (Å²) in [4.78, 5) is 11.6. The summed E-state index contributed by atoms with van der Waals surface area (Å²) in [5.74, 6) is 0.249. The van der Waals surface area contributed by atoms with Crippen LogP contribution in [-0.4, -0.2) is 27.7 Å². The van der Waals surface area contributed by atoms with Gasteiger partial charge in [0.05, 0.1) is 12.7 Å². The third-order valence-electron chi connectivity index (χ3n) is 3.24. The van der Waals surface area contributed by atoms with E-state index in [2.05, 4.69) is 10.2 Å². The summed E-state index contributed by atoms with van der Waals surface area (Å²) >= 11 is 6.04. The number of aryl methyl sites for hydroxylation is 1. The molecule has 2 aromatic heterocycles. The predicted octanol–water partition coefficient (Wildman–Crippen LogP) is 3.14. The number of nitrogens with zero attached hydrogens (tertiary/aromatic N) is 3. The lowest BCUT2D eigenvalue weighted by molar-refractivity contribution is 0.0600. The summed E-state index contributed by atoms with van der Waals surface area (Å²) in [6, 6.07) is 9.01. The van der Waals surface area contributed by atoms with Crippen molar-refractivity contribution in [2.75, 3.05) is 7.11 Å². The molecule has 3 rings (SSSR count). The number of methoxy groups -OCH3 is 1. The maximum absolute atomic E-state index is 11.6. The summed E-state index contributed by atoms with van der Waals surface area (Å²) in [5.41, 5.74) is 2.93. The molecule has 0 N–H and O–H groups in total. The highest BCUT2D eigenvalue weighted by atomic mass is 35.5. The minimum Gasteiger partial charge on any atom is -0.465 e. The van der Waals surface area contributed by atoms with Crippen molar-refractivity contribution in [3.8, 4) is 11.4 Å². The van der Waals surface area contributed by atoms with Crippen LogP contribution in [0.1, 0.15) is 15.9 Å². The number of esters is 1. The number of halogens is 1. The molecule has 0 spiro atoms. The largest absolute Gasteiger partial charge is 0.465 e. The molecule has 0 atom stereocenters. The van der Waals surface area contributed by atoms with Crippen molar-refractivity contribution >= 4 is 23.2 Å². The van der Waals surface area contributed by atoms with Gasteiger partial charge in [-0.25, -0.2) is 4.79 Å². The third kappa shape index (κ3) is 2.36. The lowest BCUT2D eigenvalue weighted by Gasteiger charge is -2.04. The predicted molar refractivity (Wildman–Crippen MR) is 79.5 cm³/mol. The summed E-state index contributed by atoms with van der Waals surface area (Å²) in [6.45, 7) is 1.93. The van der Waals surface area contributed by atoms with Crippen LogP contribution >= 0.6 is 11.6 Å². The molecule has 0 bridgehead atoms. The van der Waals surface area contributed by atoms with E-state index in [4.69, 9.17) is 16.3 Å². The summed E-state index contributed by atoms with van der Waals surface area (Å²) < 4.78 is 6.49. The summed E-state index contributed by atoms with van der Waals surface area (Å²) in [5, 5.41) is 8.98. The number of carbonyl (C=O) groups excluding carboxylic acids is 1. The average Bonchev–Trinajstić information content (AvgIpc) is 2.92. The van der Waals surface area contributed by atoms with Gasteiger partial charge < -0.3 is 4.74 Å². The molecule has 0 aliphatic rings. The zero-order chi connectivity index (χ0) is 15.0. The van der Waals surface area contributed by atoms with E-state index in [-0.39, 0.29) is 0 Å². The second kappa shape index (κ2) is 5.18. The number of rotatable bonds is 2. The molecule has 2 heterocycles. The molecule has 1 aromatic carbocycles. The molecule has 21 heavy (non-hydrogen) atoms. The van der Waals surface area contributed by atoms with Gasteiger partial charge in [0.15, 0.2) is 11.5 Å². The Morgan fingerprint density at radius 1 is 1.24 bits per heavy atom. The lowest BCUT2D eigenvalue weighted by Crippen LogP contribution is -2.03. The Morgan fingerprint density at radius 2 is 2.05 bits per heavy atom. The normalized spacial score (nSPS) is 10.8. The summed E-state index contributed by atoms with van der Waals surface area (Å²) in [7, 11) is 1.35. The van der Waals surface area contributed by atoms with Gasteiger partial charge in [-0.3, -0.25) is 4.40 Å². The van der Waals surface area contributed by atoms with Gasteiger partial charge in [-0.2, -0.15) is 0 Å². The van der Waals surface area contributed by atoms with Crippen LogP contribution in [0.3, 0.4) is 0 Å². The zero-order valence-electron chi connectivity index (χ0n) is 11.5. The van der Waals surface area contributed by atoms with Crippen LogP contribution in [0.25, 0.3) is 17.0 Å². The van der Waals surface area contributed by atoms with Crippen LogP contribution < -0.4 is 0 Å². The van der Waals surface area contributed by atoms with E-state index in [9.17, 15) is 4.79 Å². The number of aromatic nitrogens is 3. The van der Waals surface area contributed by atoms with E-state index < -0.39 is 5.97 Å². The SMILES string of the molecule is COC(=O)c1ccc2nnc(-c3ccc(Cl)c(C)c3)n2c1. The molecule has 0 amide bonds. The van der Waals surface area contributed by atoms with Crippen LogP contribution in [0.2, 0.25) is 5.02 Å². The number of benzene rings is 1. The van der Waals surface area contributed by atoms with Crippen LogP contribution in [-0.2, 0) is 4.74 Å². The van der Waals surface area contributed by atoms with E-state index >= 15 is 0 Å². The van der Waals surface area contributed by atoms with Crippen molar-refractivity contribution in [2.45, 2.75) is 6.92 Å². The minimum atomic E-state index is -0.399. The second-order valence-corrected chi connectivity index (χ2v) is 5.03. The lowest BCUT2D eigenvalue weighted by atomic mass is 10.1. The van der Waals surface area contributed by atoms with Gasteiger partial charge in [-0.1, -0.05) is 11.6 Å². The number of hydrogen-bond acceptors (Lipinski definition) is 4. The molecule has 0 unspecified atom stereocenters. The molecular weight excluding hydrogens is 290 g/mol. The Balaban J connectivity index is 2.18. The van der Waals surface area contributed by atoms with Gasteiger partial charge in [0.1, 0.15) is 0 Å². The van der Waals surface area contributed by atoms with E-state index in [1.165, 1.54) is 7.11 Å². The molecule has 106 valence electrons. The first kappa shape index (κ1) is 13.6. The fourth-order valence-electron chi connectivity index (χ4n) is 2.11. The molecule has 6 heteroatoms. The Morgan fingerprint density at radius 3 is 2.76 bits per heavy atom. The van der Waals surface area contributed by atoms with Crippen molar-refractivity contribution in [3.05, 3.63) is 52.7 Å². The Kier molecular flexibility index (Phi) is 3.35. The fraction of sp³-hybridized carbons (Fsp3) is 0.133. The molecule has 3 aromatic rings. The first-order valence-electron chi connectivity index (χ1n) is 6.30. The summed E-state index contributed by atoms with van der Waals surface area (Å²) in [6.07, 6.45) is 1.67. The molecule has 0 radical (unpaired) electrons. The van der Waals surface area contributed by atoms with E-state index in [1.807, 2.05) is 25.1 Å². The second-order valence-electron chi connectivity index (χ2n) is 4.63. The highest BCUT2D eigenvalue weighted by Gasteiger charge is 2.12. The van der Waals surface area contributed by atoms with Crippen LogP contribution in [0.15, 0.2) is 36.5 Å². The Hall–Kier alpha value is -2.40. The maximum atomic E-state index is 11.6. The molecule has 0 saturated heterocycles. The highest BCUT2D eigenvalue weighted by Crippen LogP contribution is 2.24. The molecule has 0 saturated carbocycles. The molecule has 0 aliphatic carbocycles. The van der Waals surface area contributed by atoms with E-state index in [1.54, 1.807) is 22.7 Å². The minimum absolute atomic E-state index is 0.399. The van der Waals surface area contributed by atoms with Crippen molar-refractivity contribution < 1.29 is 9.53 Å². The maximum Gasteiger partial charge on any atom is 0.339 e. The first-order valence-corrected chi connectivity index (χ1v) is 6.67. The third-order valence-corrected chi connectivity index (χ3v) is 3.66. The molecular formula is C15H12ClN3O2. The molecule has 5 nitrogen and oxygen atoms in total. The highest BCUT2D eigenvalue weighted by molar-refractivity contribution is 6.31. The van der Waals surface area contributed by atoms with Gasteiger partial charge in [0.2, 0.25) is 0 Å². The number of hydrogen-bond donors (Lipinski definition) is 0. The van der Waals surface area contributed by atoms with Gasteiger partial charge >= 0.3 is 5.97 Å². The first-order chi connectivity index (χ1) is 10.1. The number of fused-ring (bicyclic) bond motifs is 1. The van der Waals surface area contributed by atoms with E-state index in [0.717, 1.165) is 11.1 Å². The Labute approximate surface area is 126 Å². The molecule has 0 aliphatic heterocycles. The standard InChI is InChI=1S/C15H12ClN3O2/c1-9-7-10(3-5-12(9)16)14-18-17-13-6-4-11(8-19(13)14)15(20)21-2/h3-8H,1-2H3. The smallest absolute Gasteiger partial charge is 0.339 e. The fourth-order valence-corrected chi connectivity index (χ4v) is 2.23. The monoisotopic (exact) mass is 301 g/mol. The number of carbonyl (C=O) groups is 1. The van der Waals surface area contributed by atoms with Crippen LogP contribution in [0.4, 0.5) is 0 Å². The number of ether oxygens (including phenoxy) is 1. The van der Waals surface area contributed by atoms with Gasteiger partial charge in [0.25, 0.3) is 0 Å². The Bertz CT molecular complexity index is 842. The molecule has 0 fully saturated rings. The zero-order valence-corrected chi connectivity index (χ0v) is 12.3. The van der Waals surface area contributed by atoms with Gasteiger partial charge in [0, 0.05) is 16.8 Å². The topological polar surface area (TPSA) is 56.5 Å². The van der Waals surface area contributed by atoms with E-state index in [0.29, 0.717) is 22.1 Å². The average molecular weight is 302 g/mol. The van der Waals surface area contributed by atoms with Gasteiger partial charge in [-0.15, -0.1) is 10.2 Å². The van der Waals surface area contributed by atoms with Crippen LogP contribution in [0, 0.1) is 6.92 Å². The van der Waals surface area contributed by atoms with Crippen molar-refractivity contribution in [2.24, 2.45) is 0 Å².